The van der Waals surface area contributed by atoms with Crippen LogP contribution in [0.5, 0.6) is 5.75 Å². The third-order valence-corrected chi connectivity index (χ3v) is 2.82. The van der Waals surface area contributed by atoms with Crippen molar-refractivity contribution in [1.29, 1.82) is 0 Å². The van der Waals surface area contributed by atoms with E-state index in [2.05, 4.69) is 0 Å². The molecular formula is C14H15NO2. The van der Waals surface area contributed by atoms with Crippen molar-refractivity contribution >= 4 is 0 Å². The van der Waals surface area contributed by atoms with Gasteiger partial charge in [0.1, 0.15) is 0 Å². The molecule has 1 aromatic carbocycles. The van der Waals surface area contributed by atoms with Crippen LogP contribution in [0.3, 0.4) is 0 Å². The van der Waals surface area contributed by atoms with Crippen molar-refractivity contribution in [2.24, 2.45) is 0 Å². The van der Waals surface area contributed by atoms with Crippen molar-refractivity contribution in [3.05, 3.63) is 58.0 Å². The molecule has 3 heteroatoms. The van der Waals surface area contributed by atoms with Crippen LogP contribution in [-0.2, 0) is 6.42 Å². The number of aromatic nitrogens is 1. The molecule has 1 aromatic heterocycles. The highest BCUT2D eigenvalue weighted by Gasteiger charge is 2.08. The average Bonchev–Trinajstić information content (AvgIpc) is 2.34. The first-order chi connectivity index (χ1) is 8.13. The van der Waals surface area contributed by atoms with Gasteiger partial charge in [-0.2, -0.15) is 0 Å². The molecule has 0 aliphatic heterocycles. The summed E-state index contributed by atoms with van der Waals surface area (Å²) in [6.07, 6.45) is 2.31. The topological polar surface area (TPSA) is 42.2 Å². The molecule has 3 nitrogen and oxygen atoms in total. The fourth-order valence-electron chi connectivity index (χ4n) is 1.85. The van der Waals surface area contributed by atoms with Crippen molar-refractivity contribution < 1.29 is 5.11 Å². The maximum atomic E-state index is 11.4. The predicted octanol–water partition coefficient (Wildman–Crippen LogP) is 2.41. The zero-order valence-corrected chi connectivity index (χ0v) is 9.97. The highest BCUT2D eigenvalue weighted by atomic mass is 16.3. The smallest absolute Gasteiger partial charge is 0.223 e. The Labute approximate surface area is 100.0 Å². The van der Waals surface area contributed by atoms with E-state index < -0.39 is 0 Å². The number of hydrogen-bond acceptors (Lipinski definition) is 2. The molecule has 0 aliphatic rings. The van der Waals surface area contributed by atoms with Gasteiger partial charge < -0.3 is 9.67 Å². The summed E-state index contributed by atoms with van der Waals surface area (Å²) in [5.41, 5.74) is 2.44. The average molecular weight is 229 g/mol. The first kappa shape index (κ1) is 11.5. The van der Waals surface area contributed by atoms with Crippen LogP contribution in [0.1, 0.15) is 18.2 Å². The van der Waals surface area contributed by atoms with Crippen molar-refractivity contribution in [2.75, 3.05) is 0 Å². The van der Waals surface area contributed by atoms with Crippen LogP contribution in [-0.4, -0.2) is 9.67 Å². The molecule has 0 spiro atoms. The molecular weight excluding hydrogens is 214 g/mol. The van der Waals surface area contributed by atoms with Gasteiger partial charge in [-0.3, -0.25) is 4.79 Å². The summed E-state index contributed by atoms with van der Waals surface area (Å²) in [7, 11) is 0. The van der Waals surface area contributed by atoms with E-state index in [1.165, 1.54) is 11.6 Å². The van der Waals surface area contributed by atoms with Gasteiger partial charge in [-0.1, -0.05) is 24.6 Å². The Bertz CT molecular complexity index is 582. The Kier molecular flexibility index (Phi) is 3.00. The summed E-state index contributed by atoms with van der Waals surface area (Å²) in [4.78, 5) is 11.4. The maximum Gasteiger partial charge on any atom is 0.223 e. The number of aromatic hydroxyl groups is 1. The Morgan fingerprint density at radius 2 is 1.82 bits per heavy atom. The molecule has 88 valence electrons. The maximum absolute atomic E-state index is 11.4. The van der Waals surface area contributed by atoms with Crippen LogP contribution >= 0.6 is 0 Å². The molecule has 0 fully saturated rings. The second-order valence-corrected chi connectivity index (χ2v) is 4.03. The molecule has 0 atom stereocenters. The largest absolute Gasteiger partial charge is 0.503 e. The summed E-state index contributed by atoms with van der Waals surface area (Å²) < 4.78 is 1.84. The lowest BCUT2D eigenvalue weighted by Crippen LogP contribution is -2.10. The highest BCUT2D eigenvalue weighted by molar-refractivity contribution is 5.40. The minimum atomic E-state index is -0.329. The van der Waals surface area contributed by atoms with Crippen molar-refractivity contribution in [3.8, 4) is 11.4 Å². The van der Waals surface area contributed by atoms with Gasteiger partial charge >= 0.3 is 0 Å². The number of rotatable bonds is 2. The normalized spacial score (nSPS) is 10.5. The Balaban J connectivity index is 2.63. The van der Waals surface area contributed by atoms with E-state index in [1.807, 2.05) is 42.7 Å². The fraction of sp³-hybridized carbons (Fsp3) is 0.214. The van der Waals surface area contributed by atoms with Gasteiger partial charge in [-0.25, -0.2) is 0 Å². The lowest BCUT2D eigenvalue weighted by molar-refractivity contribution is 0.456. The summed E-state index contributed by atoms with van der Waals surface area (Å²) in [5.74, 6) is -0.157. The zero-order valence-electron chi connectivity index (χ0n) is 9.97. The molecule has 0 bridgehead atoms. The van der Waals surface area contributed by atoms with Gasteiger partial charge in [-0.15, -0.1) is 0 Å². The molecule has 17 heavy (non-hydrogen) atoms. The predicted molar refractivity (Wildman–Crippen MR) is 67.8 cm³/mol. The van der Waals surface area contributed by atoms with Gasteiger partial charge in [0.25, 0.3) is 0 Å². The fourth-order valence-corrected chi connectivity index (χ4v) is 1.85. The molecule has 2 rings (SSSR count). The van der Waals surface area contributed by atoms with Crippen LogP contribution in [0.25, 0.3) is 5.69 Å². The van der Waals surface area contributed by atoms with Crippen LogP contribution in [0, 0.1) is 6.92 Å². The van der Waals surface area contributed by atoms with Crippen LogP contribution < -0.4 is 5.43 Å². The van der Waals surface area contributed by atoms with Gasteiger partial charge in [0.15, 0.2) is 5.75 Å². The lowest BCUT2D eigenvalue weighted by Gasteiger charge is -2.13. The SMILES string of the molecule is CCc1c(O)c(=O)ccn1-c1ccc(C)cc1. The molecule has 0 saturated carbocycles. The molecule has 0 radical (unpaired) electrons. The minimum Gasteiger partial charge on any atom is -0.503 e. The third-order valence-electron chi connectivity index (χ3n) is 2.82. The molecule has 0 aliphatic carbocycles. The van der Waals surface area contributed by atoms with Crippen molar-refractivity contribution in [3.63, 3.8) is 0 Å². The summed E-state index contributed by atoms with van der Waals surface area (Å²) in [6, 6.07) is 9.33. The standard InChI is InChI=1S/C14H15NO2/c1-3-12-14(17)13(16)8-9-15(12)11-6-4-10(2)5-7-11/h4-9,17H,3H2,1-2H3. The van der Waals surface area contributed by atoms with Crippen molar-refractivity contribution in [2.45, 2.75) is 20.3 Å². The summed E-state index contributed by atoms with van der Waals surface area (Å²) in [5, 5.41) is 9.76. The number of nitrogens with zero attached hydrogens (tertiary/aromatic N) is 1. The van der Waals surface area contributed by atoms with E-state index in [9.17, 15) is 9.90 Å². The summed E-state index contributed by atoms with van der Waals surface area (Å²) in [6.45, 7) is 3.94. The van der Waals surface area contributed by atoms with E-state index in [0.717, 1.165) is 5.69 Å². The van der Waals surface area contributed by atoms with Crippen LogP contribution in [0.15, 0.2) is 41.3 Å². The first-order valence-electron chi connectivity index (χ1n) is 5.64. The first-order valence-corrected chi connectivity index (χ1v) is 5.64. The quantitative estimate of drug-likeness (QED) is 0.859. The highest BCUT2D eigenvalue weighted by Crippen LogP contribution is 2.17. The van der Waals surface area contributed by atoms with Crippen LogP contribution in [0.4, 0.5) is 0 Å². The zero-order chi connectivity index (χ0) is 12.4. The van der Waals surface area contributed by atoms with Gasteiger partial charge in [0.05, 0.1) is 5.69 Å². The third kappa shape index (κ3) is 2.09. The molecule has 0 amide bonds. The van der Waals surface area contributed by atoms with E-state index in [0.29, 0.717) is 12.1 Å². The molecule has 2 aromatic rings. The van der Waals surface area contributed by atoms with Crippen molar-refractivity contribution in [1.82, 2.24) is 4.57 Å². The van der Waals surface area contributed by atoms with E-state index in [1.54, 1.807) is 6.20 Å². The Morgan fingerprint density at radius 1 is 1.18 bits per heavy atom. The number of pyridine rings is 1. The second-order valence-electron chi connectivity index (χ2n) is 4.03. The molecule has 0 unspecified atom stereocenters. The van der Waals surface area contributed by atoms with E-state index in [-0.39, 0.29) is 11.2 Å². The van der Waals surface area contributed by atoms with Gasteiger partial charge in [0, 0.05) is 18.0 Å². The number of hydrogen-bond donors (Lipinski definition) is 1. The molecule has 1 N–H and O–H groups in total. The van der Waals surface area contributed by atoms with Gasteiger partial charge in [-0.05, 0) is 25.5 Å². The molecule has 0 saturated heterocycles. The Morgan fingerprint density at radius 3 is 2.41 bits per heavy atom. The minimum absolute atomic E-state index is 0.157. The lowest BCUT2D eigenvalue weighted by atomic mass is 10.2. The Hall–Kier alpha value is -2.03. The summed E-state index contributed by atoms with van der Waals surface area (Å²) >= 11 is 0. The van der Waals surface area contributed by atoms with Crippen LogP contribution in [0.2, 0.25) is 0 Å². The number of aryl methyl sites for hydroxylation is 1. The van der Waals surface area contributed by atoms with E-state index in [4.69, 9.17) is 0 Å². The molecule has 1 heterocycles. The number of benzene rings is 1. The van der Waals surface area contributed by atoms with Gasteiger partial charge in [0.2, 0.25) is 5.43 Å². The second kappa shape index (κ2) is 4.45. The monoisotopic (exact) mass is 229 g/mol. The van der Waals surface area contributed by atoms with E-state index >= 15 is 0 Å².